The number of carbonyl (C=O) groups is 1. The van der Waals surface area contributed by atoms with Crippen LogP contribution in [0.3, 0.4) is 0 Å². The topological polar surface area (TPSA) is 46.5 Å². The average Bonchev–Trinajstić information content (AvgIpc) is 2.72. The molecule has 3 aliphatic carbocycles. The molecule has 0 spiro atoms. The van der Waals surface area contributed by atoms with Gasteiger partial charge >= 0.3 is 0 Å². The molecule has 17 heavy (non-hydrogen) atoms. The lowest BCUT2D eigenvalue weighted by Crippen LogP contribution is -2.42. The Hall–Kier alpha value is -0.670. The molecule has 0 aromatic heterocycles. The van der Waals surface area contributed by atoms with Crippen molar-refractivity contribution < 1.29 is 14.6 Å². The van der Waals surface area contributed by atoms with Crippen molar-refractivity contribution in [1.82, 2.24) is 0 Å². The van der Waals surface area contributed by atoms with Crippen LogP contribution in [0.15, 0.2) is 11.6 Å². The van der Waals surface area contributed by atoms with E-state index in [0.29, 0.717) is 6.42 Å². The molecule has 0 aliphatic heterocycles. The average molecular weight is 236 g/mol. The van der Waals surface area contributed by atoms with E-state index in [1.54, 1.807) is 13.2 Å². The molecule has 3 rings (SSSR count). The van der Waals surface area contributed by atoms with Crippen molar-refractivity contribution in [2.75, 3.05) is 7.11 Å². The molecule has 3 aliphatic rings. The standard InChI is InChI=1S/C14H20O3/c1-13-8-9(15)7-11(13)14(17-2)6-4-3-5-10(14)12(13)16/h7,10,12,16H,3-6,8H2,1-2H3/t10-,12+,13-,14+/m0/s1. The molecular formula is C14H20O3. The van der Waals surface area contributed by atoms with Gasteiger partial charge in [-0.05, 0) is 24.5 Å². The molecule has 0 amide bonds. The van der Waals surface area contributed by atoms with Gasteiger partial charge in [0.25, 0.3) is 0 Å². The Morgan fingerprint density at radius 2 is 2.24 bits per heavy atom. The summed E-state index contributed by atoms with van der Waals surface area (Å²) < 4.78 is 5.82. The van der Waals surface area contributed by atoms with E-state index in [9.17, 15) is 9.90 Å². The molecular weight excluding hydrogens is 216 g/mol. The Balaban J connectivity index is 2.14. The highest BCUT2D eigenvalue weighted by Gasteiger charge is 2.65. The van der Waals surface area contributed by atoms with E-state index in [4.69, 9.17) is 4.74 Å². The van der Waals surface area contributed by atoms with Crippen molar-refractivity contribution >= 4 is 5.78 Å². The summed E-state index contributed by atoms with van der Waals surface area (Å²) in [6.45, 7) is 2.02. The van der Waals surface area contributed by atoms with Gasteiger partial charge in [-0.3, -0.25) is 4.79 Å². The molecule has 2 fully saturated rings. The number of rotatable bonds is 1. The van der Waals surface area contributed by atoms with Crippen molar-refractivity contribution in [2.45, 2.75) is 50.7 Å². The van der Waals surface area contributed by atoms with Crippen LogP contribution in [-0.2, 0) is 9.53 Å². The van der Waals surface area contributed by atoms with Crippen LogP contribution in [0.1, 0.15) is 39.0 Å². The molecule has 0 radical (unpaired) electrons. The molecule has 0 unspecified atom stereocenters. The van der Waals surface area contributed by atoms with Gasteiger partial charge in [-0.15, -0.1) is 0 Å². The van der Waals surface area contributed by atoms with Gasteiger partial charge < -0.3 is 9.84 Å². The van der Waals surface area contributed by atoms with E-state index in [0.717, 1.165) is 31.3 Å². The highest BCUT2D eigenvalue weighted by Crippen LogP contribution is 2.62. The Morgan fingerprint density at radius 1 is 1.47 bits per heavy atom. The highest BCUT2D eigenvalue weighted by atomic mass is 16.5. The second-order valence-electron chi connectivity index (χ2n) is 6.01. The third kappa shape index (κ3) is 1.22. The number of aliphatic hydroxyl groups excluding tert-OH is 1. The summed E-state index contributed by atoms with van der Waals surface area (Å²) in [5.41, 5.74) is 0.329. The summed E-state index contributed by atoms with van der Waals surface area (Å²) in [7, 11) is 1.72. The molecule has 2 saturated carbocycles. The lowest BCUT2D eigenvalue weighted by Gasteiger charge is -2.39. The van der Waals surface area contributed by atoms with Gasteiger partial charge in [0.05, 0.1) is 11.7 Å². The number of ether oxygens (including phenoxy) is 1. The summed E-state index contributed by atoms with van der Waals surface area (Å²) in [6, 6.07) is 0. The molecule has 3 nitrogen and oxygen atoms in total. The number of hydrogen-bond donors (Lipinski definition) is 1. The highest BCUT2D eigenvalue weighted by molar-refractivity contribution is 5.95. The number of ketones is 1. The van der Waals surface area contributed by atoms with Gasteiger partial charge in [0.1, 0.15) is 0 Å². The van der Waals surface area contributed by atoms with E-state index in [1.165, 1.54) is 0 Å². The summed E-state index contributed by atoms with van der Waals surface area (Å²) in [5.74, 6) is 0.313. The second kappa shape index (κ2) is 3.42. The maximum absolute atomic E-state index is 11.7. The number of carbonyl (C=O) groups excluding carboxylic acids is 1. The van der Waals surface area contributed by atoms with Crippen LogP contribution in [0.2, 0.25) is 0 Å². The zero-order valence-corrected chi connectivity index (χ0v) is 10.5. The van der Waals surface area contributed by atoms with E-state index in [-0.39, 0.29) is 22.7 Å². The Bertz CT molecular complexity index is 400. The Morgan fingerprint density at radius 3 is 2.94 bits per heavy atom. The maximum atomic E-state index is 11.7. The van der Waals surface area contributed by atoms with Crippen LogP contribution in [0.25, 0.3) is 0 Å². The number of aliphatic hydroxyl groups is 1. The van der Waals surface area contributed by atoms with Crippen molar-refractivity contribution in [3.63, 3.8) is 0 Å². The van der Waals surface area contributed by atoms with E-state index in [2.05, 4.69) is 0 Å². The fourth-order valence-corrected chi connectivity index (χ4v) is 4.43. The monoisotopic (exact) mass is 236 g/mol. The Labute approximate surface area is 102 Å². The lowest BCUT2D eigenvalue weighted by molar-refractivity contribution is -0.117. The number of methoxy groups -OCH3 is 1. The molecule has 4 atom stereocenters. The summed E-state index contributed by atoms with van der Waals surface area (Å²) in [4.78, 5) is 11.7. The smallest absolute Gasteiger partial charge is 0.156 e. The van der Waals surface area contributed by atoms with Crippen LogP contribution in [0, 0.1) is 11.3 Å². The first-order valence-electron chi connectivity index (χ1n) is 6.53. The second-order valence-corrected chi connectivity index (χ2v) is 6.01. The van der Waals surface area contributed by atoms with Gasteiger partial charge in [-0.2, -0.15) is 0 Å². The fourth-order valence-electron chi connectivity index (χ4n) is 4.43. The van der Waals surface area contributed by atoms with Crippen molar-refractivity contribution in [1.29, 1.82) is 0 Å². The number of hydrogen-bond acceptors (Lipinski definition) is 3. The zero-order valence-electron chi connectivity index (χ0n) is 10.5. The molecule has 94 valence electrons. The Kier molecular flexibility index (Phi) is 2.30. The largest absolute Gasteiger partial charge is 0.392 e. The van der Waals surface area contributed by atoms with Gasteiger partial charge in [-0.1, -0.05) is 19.8 Å². The first-order chi connectivity index (χ1) is 8.04. The quantitative estimate of drug-likeness (QED) is 0.755. The predicted molar refractivity (Wildman–Crippen MR) is 63.5 cm³/mol. The van der Waals surface area contributed by atoms with E-state index in [1.807, 2.05) is 6.92 Å². The minimum Gasteiger partial charge on any atom is -0.392 e. The molecule has 0 aromatic carbocycles. The first kappa shape index (κ1) is 11.4. The lowest BCUT2D eigenvalue weighted by atomic mass is 9.75. The minimum absolute atomic E-state index is 0.141. The number of allylic oxidation sites excluding steroid dienone is 1. The minimum atomic E-state index is -0.430. The zero-order chi connectivity index (χ0) is 12.3. The van der Waals surface area contributed by atoms with Crippen molar-refractivity contribution in [2.24, 2.45) is 11.3 Å². The van der Waals surface area contributed by atoms with Crippen LogP contribution in [0.5, 0.6) is 0 Å². The summed E-state index contributed by atoms with van der Waals surface area (Å²) in [5, 5.41) is 10.6. The summed E-state index contributed by atoms with van der Waals surface area (Å²) >= 11 is 0. The summed E-state index contributed by atoms with van der Waals surface area (Å²) in [6.07, 6.45) is 6.00. The van der Waals surface area contributed by atoms with Crippen LogP contribution in [0.4, 0.5) is 0 Å². The van der Waals surface area contributed by atoms with Crippen LogP contribution in [-0.4, -0.2) is 29.7 Å². The van der Waals surface area contributed by atoms with Gasteiger partial charge in [0, 0.05) is 24.9 Å². The van der Waals surface area contributed by atoms with Crippen LogP contribution >= 0.6 is 0 Å². The maximum Gasteiger partial charge on any atom is 0.156 e. The molecule has 0 heterocycles. The third-order valence-electron chi connectivity index (χ3n) is 5.23. The van der Waals surface area contributed by atoms with Gasteiger partial charge in [0.2, 0.25) is 0 Å². The normalized spacial score (nSPS) is 48.9. The molecule has 3 heteroatoms. The molecule has 0 bridgehead atoms. The van der Waals surface area contributed by atoms with Gasteiger partial charge in [0.15, 0.2) is 5.78 Å². The molecule has 1 N–H and O–H groups in total. The van der Waals surface area contributed by atoms with Crippen molar-refractivity contribution in [3.8, 4) is 0 Å². The fraction of sp³-hybridized carbons (Fsp3) is 0.786. The third-order valence-corrected chi connectivity index (χ3v) is 5.23. The van der Waals surface area contributed by atoms with Gasteiger partial charge in [-0.25, -0.2) is 0 Å². The van der Waals surface area contributed by atoms with E-state index < -0.39 is 6.10 Å². The van der Waals surface area contributed by atoms with Crippen LogP contribution < -0.4 is 0 Å². The molecule has 0 saturated heterocycles. The van der Waals surface area contributed by atoms with E-state index >= 15 is 0 Å². The molecule has 0 aromatic rings. The number of fused-ring (bicyclic) bond motifs is 3. The SMILES string of the molecule is CO[C@]12CCCC[C@H]1[C@@H](O)[C@@]1(C)CC(=O)C=C12. The predicted octanol–water partition coefficient (Wildman–Crippen LogP) is 1.84. The van der Waals surface area contributed by atoms with Crippen molar-refractivity contribution in [3.05, 3.63) is 11.6 Å². The first-order valence-corrected chi connectivity index (χ1v) is 6.53.